The largest absolute Gasteiger partial charge is 0.383 e. The van der Waals surface area contributed by atoms with Gasteiger partial charge in [-0.1, -0.05) is 12.1 Å². The lowest BCUT2D eigenvalue weighted by molar-refractivity contribution is 0.466. The number of nitrogens with one attached hydrogen (secondary N) is 2. The van der Waals surface area contributed by atoms with Crippen LogP contribution in [0.2, 0.25) is 0 Å². The number of sulfonamides is 1. The molecule has 1 aromatic rings. The van der Waals surface area contributed by atoms with Gasteiger partial charge in [0.25, 0.3) is 0 Å². The molecule has 0 bridgehead atoms. The van der Waals surface area contributed by atoms with Crippen molar-refractivity contribution in [1.82, 2.24) is 4.72 Å². The standard InChI is InChI=1S/C14H20N2O2S/c1-15-19(17,18)13-5-3-2-4-12(13)16-10-14(8-9-14)11-6-7-11/h2-5,11,15-16H,6-10H2,1H3. The average molecular weight is 280 g/mol. The summed E-state index contributed by atoms with van der Waals surface area (Å²) >= 11 is 0. The number of para-hydroxylation sites is 1. The van der Waals surface area contributed by atoms with Gasteiger partial charge in [-0.25, -0.2) is 13.1 Å². The Morgan fingerprint density at radius 3 is 2.53 bits per heavy atom. The predicted molar refractivity (Wildman–Crippen MR) is 75.6 cm³/mol. The van der Waals surface area contributed by atoms with Gasteiger partial charge in [0.1, 0.15) is 4.90 Å². The fraction of sp³-hybridized carbons (Fsp3) is 0.571. The molecule has 2 saturated carbocycles. The molecule has 0 spiro atoms. The maximum Gasteiger partial charge on any atom is 0.242 e. The number of benzene rings is 1. The van der Waals surface area contributed by atoms with Gasteiger partial charge in [0, 0.05) is 6.54 Å². The van der Waals surface area contributed by atoms with E-state index in [2.05, 4.69) is 10.0 Å². The molecule has 19 heavy (non-hydrogen) atoms. The molecule has 104 valence electrons. The Bertz CT molecular complexity index is 575. The summed E-state index contributed by atoms with van der Waals surface area (Å²) in [6.45, 7) is 0.897. The van der Waals surface area contributed by atoms with E-state index in [0.717, 1.165) is 12.5 Å². The molecule has 2 fully saturated rings. The maximum absolute atomic E-state index is 12.0. The van der Waals surface area contributed by atoms with E-state index in [0.29, 0.717) is 16.0 Å². The summed E-state index contributed by atoms with van der Waals surface area (Å²) in [5.74, 6) is 0.869. The van der Waals surface area contributed by atoms with Gasteiger partial charge in [0.15, 0.2) is 0 Å². The average Bonchev–Trinajstić information content (AvgIpc) is 3.29. The lowest BCUT2D eigenvalue weighted by atomic mass is 10.0. The molecule has 2 aliphatic rings. The van der Waals surface area contributed by atoms with E-state index in [4.69, 9.17) is 0 Å². The van der Waals surface area contributed by atoms with Crippen LogP contribution in [0.5, 0.6) is 0 Å². The second kappa shape index (κ2) is 4.49. The fourth-order valence-electron chi connectivity index (χ4n) is 2.81. The van der Waals surface area contributed by atoms with Crippen molar-refractivity contribution in [3.63, 3.8) is 0 Å². The van der Waals surface area contributed by atoms with Gasteiger partial charge in [-0.15, -0.1) is 0 Å². The molecule has 0 unspecified atom stereocenters. The second-order valence-corrected chi connectivity index (χ2v) is 7.55. The molecule has 3 rings (SSSR count). The Morgan fingerprint density at radius 1 is 1.26 bits per heavy atom. The van der Waals surface area contributed by atoms with Crippen molar-refractivity contribution >= 4 is 15.7 Å². The van der Waals surface area contributed by atoms with Crippen LogP contribution in [0, 0.1) is 11.3 Å². The topological polar surface area (TPSA) is 58.2 Å². The third-order valence-corrected chi connectivity index (χ3v) is 5.88. The highest BCUT2D eigenvalue weighted by Crippen LogP contribution is 2.61. The molecular weight excluding hydrogens is 260 g/mol. The van der Waals surface area contributed by atoms with Crippen molar-refractivity contribution in [3.8, 4) is 0 Å². The van der Waals surface area contributed by atoms with Crippen LogP contribution in [0.1, 0.15) is 25.7 Å². The van der Waals surface area contributed by atoms with Crippen LogP contribution < -0.4 is 10.0 Å². The quantitative estimate of drug-likeness (QED) is 0.840. The van der Waals surface area contributed by atoms with Gasteiger partial charge >= 0.3 is 0 Å². The van der Waals surface area contributed by atoms with Gasteiger partial charge < -0.3 is 5.32 Å². The first-order chi connectivity index (χ1) is 9.07. The molecule has 0 saturated heterocycles. The molecule has 0 radical (unpaired) electrons. The van der Waals surface area contributed by atoms with E-state index >= 15 is 0 Å². The van der Waals surface area contributed by atoms with Gasteiger partial charge in [0.05, 0.1) is 5.69 Å². The van der Waals surface area contributed by atoms with Crippen LogP contribution in [-0.2, 0) is 10.0 Å². The number of anilines is 1. The normalized spacial score (nSPS) is 21.1. The van der Waals surface area contributed by atoms with E-state index in [1.807, 2.05) is 12.1 Å². The van der Waals surface area contributed by atoms with E-state index in [1.54, 1.807) is 12.1 Å². The third kappa shape index (κ3) is 2.49. The third-order valence-electron chi connectivity index (χ3n) is 4.41. The minimum Gasteiger partial charge on any atom is -0.383 e. The fourth-order valence-corrected chi connectivity index (χ4v) is 3.72. The van der Waals surface area contributed by atoms with Gasteiger partial charge in [-0.3, -0.25) is 0 Å². The number of rotatable bonds is 6. The Kier molecular flexibility index (Phi) is 3.06. The SMILES string of the molecule is CNS(=O)(=O)c1ccccc1NCC1(C2CC2)CC1. The van der Waals surface area contributed by atoms with Crippen molar-refractivity contribution in [2.24, 2.45) is 11.3 Å². The summed E-state index contributed by atoms with van der Waals surface area (Å²) in [5.41, 5.74) is 1.17. The molecule has 0 atom stereocenters. The summed E-state index contributed by atoms with van der Waals surface area (Å²) in [6, 6.07) is 7.11. The summed E-state index contributed by atoms with van der Waals surface area (Å²) in [4.78, 5) is 0.337. The zero-order valence-corrected chi connectivity index (χ0v) is 12.0. The van der Waals surface area contributed by atoms with Crippen LogP contribution in [0.25, 0.3) is 0 Å². The van der Waals surface area contributed by atoms with E-state index in [9.17, 15) is 8.42 Å². The highest BCUT2D eigenvalue weighted by molar-refractivity contribution is 7.89. The van der Waals surface area contributed by atoms with Crippen LogP contribution in [0.3, 0.4) is 0 Å². The molecule has 4 nitrogen and oxygen atoms in total. The number of hydrogen-bond acceptors (Lipinski definition) is 3. The summed E-state index contributed by atoms with van der Waals surface area (Å²) in [7, 11) is -1.95. The van der Waals surface area contributed by atoms with E-state index in [1.165, 1.54) is 32.7 Å². The van der Waals surface area contributed by atoms with Crippen molar-refractivity contribution in [2.75, 3.05) is 18.9 Å². The minimum atomic E-state index is -3.39. The van der Waals surface area contributed by atoms with Crippen LogP contribution in [0.4, 0.5) is 5.69 Å². The molecular formula is C14H20N2O2S. The molecule has 2 N–H and O–H groups in total. The van der Waals surface area contributed by atoms with Gasteiger partial charge in [-0.2, -0.15) is 0 Å². The molecule has 0 amide bonds. The monoisotopic (exact) mass is 280 g/mol. The van der Waals surface area contributed by atoms with Crippen LogP contribution >= 0.6 is 0 Å². The highest BCUT2D eigenvalue weighted by atomic mass is 32.2. The van der Waals surface area contributed by atoms with Crippen molar-refractivity contribution in [3.05, 3.63) is 24.3 Å². The Labute approximate surface area is 114 Å². The summed E-state index contributed by atoms with van der Waals surface area (Å²) < 4.78 is 26.3. The first kappa shape index (κ1) is 12.9. The van der Waals surface area contributed by atoms with Crippen molar-refractivity contribution in [2.45, 2.75) is 30.6 Å². The Hall–Kier alpha value is -1.07. The minimum absolute atomic E-state index is 0.337. The summed E-state index contributed by atoms with van der Waals surface area (Å²) in [6.07, 6.45) is 5.26. The van der Waals surface area contributed by atoms with Gasteiger partial charge in [-0.05, 0) is 56.2 Å². The Morgan fingerprint density at radius 2 is 1.95 bits per heavy atom. The first-order valence-corrected chi connectivity index (χ1v) is 8.32. The lowest BCUT2D eigenvalue weighted by Gasteiger charge is -2.18. The van der Waals surface area contributed by atoms with Crippen molar-refractivity contribution in [1.29, 1.82) is 0 Å². The van der Waals surface area contributed by atoms with Crippen LogP contribution in [0.15, 0.2) is 29.2 Å². The van der Waals surface area contributed by atoms with Crippen LogP contribution in [-0.4, -0.2) is 22.0 Å². The molecule has 2 aliphatic carbocycles. The highest BCUT2D eigenvalue weighted by Gasteiger charge is 2.53. The number of hydrogen-bond donors (Lipinski definition) is 2. The predicted octanol–water partition coefficient (Wildman–Crippen LogP) is 2.20. The zero-order chi connectivity index (χ0) is 13.5. The second-order valence-electron chi connectivity index (χ2n) is 5.69. The van der Waals surface area contributed by atoms with E-state index < -0.39 is 10.0 Å². The molecule has 5 heteroatoms. The molecule has 1 aromatic carbocycles. The molecule has 0 heterocycles. The smallest absolute Gasteiger partial charge is 0.242 e. The molecule has 0 aliphatic heterocycles. The van der Waals surface area contributed by atoms with Gasteiger partial charge in [0.2, 0.25) is 10.0 Å². The van der Waals surface area contributed by atoms with E-state index in [-0.39, 0.29) is 0 Å². The first-order valence-electron chi connectivity index (χ1n) is 6.84. The zero-order valence-electron chi connectivity index (χ0n) is 11.1. The van der Waals surface area contributed by atoms with Crippen molar-refractivity contribution < 1.29 is 8.42 Å². The maximum atomic E-state index is 12.0. The lowest BCUT2D eigenvalue weighted by Crippen LogP contribution is -2.22. The Balaban J connectivity index is 1.77. The summed E-state index contributed by atoms with van der Waals surface area (Å²) in [5, 5.41) is 3.36. The molecule has 0 aromatic heterocycles.